The summed E-state index contributed by atoms with van der Waals surface area (Å²) in [4.78, 5) is 32.8. The van der Waals surface area contributed by atoms with Crippen LogP contribution in [0.25, 0.3) is 10.4 Å². The molecule has 1 unspecified atom stereocenters. The van der Waals surface area contributed by atoms with E-state index in [9.17, 15) is 9.59 Å². The second kappa shape index (κ2) is 6.76. The van der Waals surface area contributed by atoms with Gasteiger partial charge in [0.2, 0.25) is 5.91 Å². The van der Waals surface area contributed by atoms with E-state index in [0.717, 1.165) is 4.90 Å². The molecular weight excluding hydrogens is 320 g/mol. The normalized spacial score (nSPS) is 19.7. The van der Waals surface area contributed by atoms with Crippen LogP contribution in [0.3, 0.4) is 0 Å². The number of pyridine rings is 1. The topological polar surface area (TPSA) is 120 Å². The fourth-order valence-electron chi connectivity index (χ4n) is 2.40. The molecule has 2 aliphatic heterocycles. The number of aromatic nitrogens is 1. The Morgan fingerprint density at radius 1 is 1.52 bits per heavy atom. The Morgan fingerprint density at radius 3 is 3.22 bits per heavy atom. The number of nitrogens with zero attached hydrogens (tertiary/aromatic N) is 5. The summed E-state index contributed by atoms with van der Waals surface area (Å²) in [5.74, 6) is 1.19. The molecule has 1 aromatic heterocycles. The zero-order valence-electron chi connectivity index (χ0n) is 12.1. The molecule has 3 rings (SSSR count). The van der Waals surface area contributed by atoms with E-state index in [0.29, 0.717) is 43.3 Å². The first-order valence-electron chi connectivity index (χ1n) is 7.10. The SMILES string of the molecule is [N-]=[N+]=NCCCC1CN(c2ccc3c(n2)NC(=O)CS3)C(=O)O1. The molecule has 1 N–H and O–H groups in total. The van der Waals surface area contributed by atoms with Crippen molar-refractivity contribution in [3.05, 3.63) is 22.6 Å². The highest BCUT2D eigenvalue weighted by Gasteiger charge is 2.33. The summed E-state index contributed by atoms with van der Waals surface area (Å²) < 4.78 is 5.29. The average molecular weight is 334 g/mol. The molecule has 0 aliphatic carbocycles. The van der Waals surface area contributed by atoms with Gasteiger partial charge in [-0.3, -0.25) is 9.69 Å². The fraction of sp³-hybridized carbons (Fsp3) is 0.462. The molecule has 23 heavy (non-hydrogen) atoms. The summed E-state index contributed by atoms with van der Waals surface area (Å²) in [7, 11) is 0. The summed E-state index contributed by atoms with van der Waals surface area (Å²) >= 11 is 1.42. The number of rotatable bonds is 5. The molecule has 1 atom stereocenters. The summed E-state index contributed by atoms with van der Waals surface area (Å²) in [6, 6.07) is 3.58. The van der Waals surface area contributed by atoms with Gasteiger partial charge in [-0.25, -0.2) is 9.78 Å². The lowest BCUT2D eigenvalue weighted by Crippen LogP contribution is -2.27. The van der Waals surface area contributed by atoms with Gasteiger partial charge < -0.3 is 10.1 Å². The van der Waals surface area contributed by atoms with Crippen molar-refractivity contribution in [1.82, 2.24) is 4.98 Å². The Bertz CT molecular complexity index is 690. The van der Waals surface area contributed by atoms with E-state index in [-0.39, 0.29) is 12.0 Å². The van der Waals surface area contributed by atoms with Gasteiger partial charge in [0, 0.05) is 11.5 Å². The van der Waals surface area contributed by atoms with Gasteiger partial charge in [0.25, 0.3) is 0 Å². The van der Waals surface area contributed by atoms with Crippen molar-refractivity contribution in [2.24, 2.45) is 5.11 Å². The molecule has 3 heterocycles. The van der Waals surface area contributed by atoms with Crippen molar-refractivity contribution in [3.63, 3.8) is 0 Å². The standard InChI is InChI=1S/C13H14N6O3S/c14-18-15-5-1-2-8-6-19(13(21)22-8)10-4-3-9-12(16-10)17-11(20)7-23-9/h3-4,8H,1-2,5-7H2,(H,16,17,20). The third-order valence-corrected chi connectivity index (χ3v) is 4.51. The smallest absolute Gasteiger partial charge is 0.415 e. The van der Waals surface area contributed by atoms with E-state index in [1.807, 2.05) is 6.07 Å². The van der Waals surface area contributed by atoms with Crippen molar-refractivity contribution in [1.29, 1.82) is 0 Å². The zero-order chi connectivity index (χ0) is 16.2. The molecule has 0 spiro atoms. The molecule has 0 radical (unpaired) electrons. The van der Waals surface area contributed by atoms with E-state index in [4.69, 9.17) is 10.3 Å². The first-order valence-corrected chi connectivity index (χ1v) is 8.08. The van der Waals surface area contributed by atoms with Gasteiger partial charge in [-0.05, 0) is 30.5 Å². The molecule has 1 aromatic rings. The maximum absolute atomic E-state index is 12.0. The van der Waals surface area contributed by atoms with Gasteiger partial charge in [0.05, 0.1) is 17.2 Å². The molecular formula is C13H14N6O3S. The van der Waals surface area contributed by atoms with Crippen molar-refractivity contribution in [2.75, 3.05) is 29.1 Å². The van der Waals surface area contributed by atoms with Crippen LogP contribution in [0.2, 0.25) is 0 Å². The molecule has 1 fully saturated rings. The number of carbonyl (C=O) groups excluding carboxylic acids is 2. The number of azide groups is 1. The number of carbonyl (C=O) groups is 2. The first-order chi connectivity index (χ1) is 11.2. The van der Waals surface area contributed by atoms with Gasteiger partial charge in [-0.15, -0.1) is 11.8 Å². The highest BCUT2D eigenvalue weighted by atomic mass is 32.2. The molecule has 2 amide bonds. The highest BCUT2D eigenvalue weighted by Crippen LogP contribution is 2.32. The van der Waals surface area contributed by atoms with E-state index < -0.39 is 6.09 Å². The van der Waals surface area contributed by atoms with E-state index in [2.05, 4.69) is 20.3 Å². The molecule has 120 valence electrons. The second-order valence-corrected chi connectivity index (χ2v) is 6.08. The van der Waals surface area contributed by atoms with Gasteiger partial charge in [-0.1, -0.05) is 5.11 Å². The molecule has 0 aromatic carbocycles. The summed E-state index contributed by atoms with van der Waals surface area (Å²) in [5, 5.41) is 6.16. The van der Waals surface area contributed by atoms with Crippen LogP contribution in [0.15, 0.2) is 22.1 Å². The highest BCUT2D eigenvalue weighted by molar-refractivity contribution is 8.00. The largest absolute Gasteiger partial charge is 0.444 e. The minimum Gasteiger partial charge on any atom is -0.444 e. The lowest BCUT2D eigenvalue weighted by atomic mass is 10.2. The zero-order valence-corrected chi connectivity index (χ0v) is 13.0. The van der Waals surface area contributed by atoms with Crippen molar-refractivity contribution in [3.8, 4) is 0 Å². The number of hydrogen-bond acceptors (Lipinski definition) is 6. The summed E-state index contributed by atoms with van der Waals surface area (Å²) in [5.41, 5.74) is 8.23. The van der Waals surface area contributed by atoms with Crippen LogP contribution in [0.5, 0.6) is 0 Å². The van der Waals surface area contributed by atoms with E-state index in [1.165, 1.54) is 16.7 Å². The number of cyclic esters (lactones) is 1. The lowest BCUT2D eigenvalue weighted by Gasteiger charge is -2.18. The number of thioether (sulfide) groups is 1. The van der Waals surface area contributed by atoms with Crippen LogP contribution in [-0.4, -0.2) is 41.9 Å². The minimum absolute atomic E-state index is 0.105. The van der Waals surface area contributed by atoms with E-state index >= 15 is 0 Å². The predicted molar refractivity (Wildman–Crippen MR) is 84.5 cm³/mol. The second-order valence-electron chi connectivity index (χ2n) is 5.07. The number of hydrogen-bond donors (Lipinski definition) is 1. The van der Waals surface area contributed by atoms with Gasteiger partial charge >= 0.3 is 6.09 Å². The van der Waals surface area contributed by atoms with Crippen LogP contribution in [0.1, 0.15) is 12.8 Å². The molecule has 0 saturated carbocycles. The molecule has 0 bridgehead atoms. The van der Waals surface area contributed by atoms with Crippen LogP contribution in [-0.2, 0) is 9.53 Å². The van der Waals surface area contributed by atoms with E-state index in [1.54, 1.807) is 6.07 Å². The number of amides is 2. The van der Waals surface area contributed by atoms with Crippen molar-refractivity contribution < 1.29 is 14.3 Å². The van der Waals surface area contributed by atoms with Crippen LogP contribution in [0.4, 0.5) is 16.4 Å². The van der Waals surface area contributed by atoms with Crippen molar-refractivity contribution in [2.45, 2.75) is 23.8 Å². The molecule has 1 saturated heterocycles. The molecule has 2 aliphatic rings. The summed E-state index contributed by atoms with van der Waals surface area (Å²) in [6.07, 6.45) is 0.568. The van der Waals surface area contributed by atoms with Crippen LogP contribution >= 0.6 is 11.8 Å². The Labute approximate surface area is 136 Å². The number of ether oxygens (including phenoxy) is 1. The lowest BCUT2D eigenvalue weighted by molar-refractivity contribution is -0.113. The third kappa shape index (κ3) is 3.49. The monoisotopic (exact) mass is 334 g/mol. The maximum atomic E-state index is 12.0. The van der Waals surface area contributed by atoms with Crippen LogP contribution in [0, 0.1) is 0 Å². The number of anilines is 2. The first kappa shape index (κ1) is 15.4. The Morgan fingerprint density at radius 2 is 2.39 bits per heavy atom. The van der Waals surface area contributed by atoms with Gasteiger partial charge in [0.1, 0.15) is 17.7 Å². The molecule has 9 nitrogen and oxygen atoms in total. The van der Waals surface area contributed by atoms with Crippen LogP contribution < -0.4 is 10.2 Å². The van der Waals surface area contributed by atoms with Crippen molar-refractivity contribution >= 4 is 35.4 Å². The minimum atomic E-state index is -0.457. The fourth-order valence-corrected chi connectivity index (χ4v) is 3.15. The predicted octanol–water partition coefficient (Wildman–Crippen LogP) is 2.54. The Hall–Kier alpha value is -2.45. The average Bonchev–Trinajstić information content (AvgIpc) is 2.91. The van der Waals surface area contributed by atoms with Gasteiger partial charge in [-0.2, -0.15) is 0 Å². The summed E-state index contributed by atoms with van der Waals surface area (Å²) in [6.45, 7) is 0.771. The third-order valence-electron chi connectivity index (χ3n) is 3.46. The quantitative estimate of drug-likeness (QED) is 0.384. The van der Waals surface area contributed by atoms with Gasteiger partial charge in [0.15, 0.2) is 0 Å². The Kier molecular flexibility index (Phi) is 4.54. The number of nitrogens with one attached hydrogen (secondary N) is 1. The number of fused-ring (bicyclic) bond motifs is 1. The molecule has 10 heteroatoms. The Balaban J connectivity index is 1.67. The maximum Gasteiger partial charge on any atom is 0.415 e.